The Morgan fingerprint density at radius 2 is 1.48 bits per heavy atom. The second-order valence-electron chi connectivity index (χ2n) is 7.57. The van der Waals surface area contributed by atoms with Gasteiger partial charge in [0, 0.05) is 0 Å². The number of benzene rings is 2. The highest BCUT2D eigenvalue weighted by Gasteiger charge is 2.56. The third-order valence-corrected chi connectivity index (χ3v) is 7.39. The summed E-state index contributed by atoms with van der Waals surface area (Å²) in [7, 11) is -3.48. The molecular formula is C25H33O5P. The predicted octanol–water partition coefficient (Wildman–Crippen LogP) is 5.99. The van der Waals surface area contributed by atoms with E-state index < -0.39 is 18.5 Å². The molecule has 5 nitrogen and oxygen atoms in total. The van der Waals surface area contributed by atoms with Crippen LogP contribution in [0.15, 0.2) is 65.7 Å². The van der Waals surface area contributed by atoms with E-state index in [-0.39, 0.29) is 5.56 Å². The minimum Gasteiger partial charge on any atom is -0.497 e. The van der Waals surface area contributed by atoms with Crippen LogP contribution in [-0.4, -0.2) is 22.7 Å². The van der Waals surface area contributed by atoms with Gasteiger partial charge in [0.05, 0.1) is 7.11 Å². The van der Waals surface area contributed by atoms with E-state index in [2.05, 4.69) is 0 Å². The first-order valence-electron chi connectivity index (χ1n) is 10.8. The van der Waals surface area contributed by atoms with E-state index in [1.165, 1.54) is 7.11 Å². The molecule has 1 atom stereocenters. The Labute approximate surface area is 185 Å². The summed E-state index contributed by atoms with van der Waals surface area (Å²) < 4.78 is 18.5. The number of ketones is 1. The molecule has 0 heterocycles. The lowest BCUT2D eigenvalue weighted by molar-refractivity contribution is -0.117. The maximum absolute atomic E-state index is 14.3. The molecule has 0 saturated heterocycles. The zero-order valence-corrected chi connectivity index (χ0v) is 19.7. The molecule has 0 amide bonds. The molecule has 31 heavy (non-hydrogen) atoms. The molecule has 0 radical (unpaired) electrons. The molecule has 0 aliphatic rings. The van der Waals surface area contributed by atoms with Gasteiger partial charge in [-0.1, -0.05) is 75.2 Å². The summed E-state index contributed by atoms with van der Waals surface area (Å²) in [4.78, 5) is 35.8. The van der Waals surface area contributed by atoms with Gasteiger partial charge in [-0.2, -0.15) is 0 Å². The number of Topliss-reactive ketones (excluding diaryl/α,β-unsaturated/α-hetero) is 1. The van der Waals surface area contributed by atoms with Crippen LogP contribution < -0.4 is 4.74 Å². The first kappa shape index (κ1) is 25.1. The monoisotopic (exact) mass is 444 g/mol. The van der Waals surface area contributed by atoms with E-state index >= 15 is 0 Å². The molecule has 0 fully saturated rings. The zero-order valence-electron chi connectivity index (χ0n) is 18.8. The molecule has 2 aromatic carbocycles. The lowest BCUT2D eigenvalue weighted by atomic mass is 9.80. The molecule has 0 spiro atoms. The Balaban J connectivity index is 2.92. The number of unbranched alkanes of at least 4 members (excludes halogenated alkanes) is 1. The highest BCUT2D eigenvalue weighted by molar-refractivity contribution is 7.54. The molecule has 0 saturated carbocycles. The minimum atomic E-state index is -5.00. The smallest absolute Gasteiger partial charge is 0.348 e. The third-order valence-electron chi connectivity index (χ3n) is 5.80. The van der Waals surface area contributed by atoms with Crippen LogP contribution in [0, 0.1) is 0 Å². The van der Waals surface area contributed by atoms with Crippen LogP contribution in [0.5, 0.6) is 5.75 Å². The second kappa shape index (κ2) is 10.9. The van der Waals surface area contributed by atoms with Gasteiger partial charge in [0.25, 0.3) is 0 Å². The van der Waals surface area contributed by atoms with Crippen molar-refractivity contribution in [2.75, 3.05) is 7.11 Å². The van der Waals surface area contributed by atoms with Crippen molar-refractivity contribution in [2.24, 2.45) is 0 Å². The van der Waals surface area contributed by atoms with Crippen molar-refractivity contribution in [1.29, 1.82) is 0 Å². The number of carbonyl (C=O) groups excluding carboxylic acids is 1. The van der Waals surface area contributed by atoms with Crippen LogP contribution >= 0.6 is 7.60 Å². The zero-order chi connectivity index (χ0) is 23.1. The third kappa shape index (κ3) is 5.01. The normalized spacial score (nSPS) is 13.4. The number of ether oxygens (including phenoxy) is 1. The predicted molar refractivity (Wildman–Crippen MR) is 124 cm³/mol. The van der Waals surface area contributed by atoms with Gasteiger partial charge in [-0.05, 0) is 54.5 Å². The van der Waals surface area contributed by atoms with Crippen molar-refractivity contribution in [2.45, 2.75) is 58.0 Å². The molecule has 2 N–H and O–H groups in total. The van der Waals surface area contributed by atoms with Crippen LogP contribution in [0.4, 0.5) is 0 Å². The summed E-state index contributed by atoms with van der Waals surface area (Å²) in [5, 5.41) is -2.11. The fourth-order valence-electron chi connectivity index (χ4n) is 4.11. The molecule has 0 bridgehead atoms. The highest BCUT2D eigenvalue weighted by atomic mass is 31.2. The Bertz CT molecular complexity index is 938. The Hall–Kier alpha value is -2.20. The fourth-order valence-corrected chi connectivity index (χ4v) is 5.48. The van der Waals surface area contributed by atoms with Crippen molar-refractivity contribution in [1.82, 2.24) is 0 Å². The van der Waals surface area contributed by atoms with Gasteiger partial charge in [0.1, 0.15) is 5.75 Å². The van der Waals surface area contributed by atoms with Gasteiger partial charge in [-0.3, -0.25) is 9.36 Å². The van der Waals surface area contributed by atoms with Gasteiger partial charge in [-0.25, -0.2) is 0 Å². The number of carbonyl (C=O) groups is 1. The van der Waals surface area contributed by atoms with Crippen LogP contribution in [-0.2, 0) is 14.5 Å². The molecule has 1 unspecified atom stereocenters. The van der Waals surface area contributed by atoms with Crippen LogP contribution in [0.2, 0.25) is 0 Å². The van der Waals surface area contributed by atoms with Crippen molar-refractivity contribution in [3.8, 4) is 5.75 Å². The van der Waals surface area contributed by atoms with E-state index in [4.69, 9.17) is 4.74 Å². The van der Waals surface area contributed by atoms with Crippen molar-refractivity contribution < 1.29 is 23.9 Å². The average molecular weight is 445 g/mol. The first-order chi connectivity index (χ1) is 14.8. The number of hydrogen-bond donors (Lipinski definition) is 2. The van der Waals surface area contributed by atoms with E-state index in [0.717, 1.165) is 18.4 Å². The topological polar surface area (TPSA) is 83.8 Å². The van der Waals surface area contributed by atoms with Gasteiger partial charge in [0.2, 0.25) is 0 Å². The van der Waals surface area contributed by atoms with Crippen LogP contribution in [0.1, 0.15) is 64.0 Å². The van der Waals surface area contributed by atoms with Gasteiger partial charge in [-0.15, -0.1) is 0 Å². The van der Waals surface area contributed by atoms with E-state index in [9.17, 15) is 19.1 Å². The highest BCUT2D eigenvalue weighted by Crippen LogP contribution is 2.62. The Morgan fingerprint density at radius 1 is 0.935 bits per heavy atom. The number of methoxy groups -OCH3 is 1. The largest absolute Gasteiger partial charge is 0.497 e. The van der Waals surface area contributed by atoms with Crippen molar-refractivity contribution in [3.63, 3.8) is 0 Å². The summed E-state index contributed by atoms with van der Waals surface area (Å²) in [5.41, 5.74) is 2.04. The SMILES string of the molecule is CCCCC(C(=O)C(c1ccccc1)(c1ccc(OC)cc1)P(=O)(O)O)=C(CC)CC. The van der Waals surface area contributed by atoms with E-state index in [0.29, 0.717) is 36.1 Å². The number of hydrogen-bond acceptors (Lipinski definition) is 3. The number of rotatable bonds is 11. The van der Waals surface area contributed by atoms with E-state index in [1.807, 2.05) is 20.8 Å². The molecule has 2 rings (SSSR count). The average Bonchev–Trinajstić information content (AvgIpc) is 2.77. The second-order valence-corrected chi connectivity index (χ2v) is 9.33. The minimum absolute atomic E-state index is 0.262. The summed E-state index contributed by atoms with van der Waals surface area (Å²) >= 11 is 0. The van der Waals surface area contributed by atoms with Crippen molar-refractivity contribution >= 4 is 13.4 Å². The summed E-state index contributed by atoms with van der Waals surface area (Å²) in [5.74, 6) is 0.0396. The van der Waals surface area contributed by atoms with E-state index in [1.54, 1.807) is 54.6 Å². The maximum Gasteiger partial charge on any atom is 0.348 e. The fraction of sp³-hybridized carbons (Fsp3) is 0.400. The number of allylic oxidation sites excluding steroid dienone is 2. The lowest BCUT2D eigenvalue weighted by Gasteiger charge is -2.35. The van der Waals surface area contributed by atoms with Gasteiger partial charge in [0.15, 0.2) is 10.9 Å². The Kier molecular flexibility index (Phi) is 8.81. The molecule has 2 aromatic rings. The molecule has 0 aromatic heterocycles. The van der Waals surface area contributed by atoms with Gasteiger partial charge < -0.3 is 14.5 Å². The maximum atomic E-state index is 14.3. The molecule has 168 valence electrons. The summed E-state index contributed by atoms with van der Waals surface area (Å²) in [6.45, 7) is 6.00. The Morgan fingerprint density at radius 3 is 1.94 bits per heavy atom. The van der Waals surface area contributed by atoms with Gasteiger partial charge >= 0.3 is 7.60 Å². The van der Waals surface area contributed by atoms with Crippen LogP contribution in [0.3, 0.4) is 0 Å². The molecule has 6 heteroatoms. The lowest BCUT2D eigenvalue weighted by Crippen LogP contribution is -2.38. The van der Waals surface area contributed by atoms with Crippen LogP contribution in [0.25, 0.3) is 0 Å². The summed E-state index contributed by atoms with van der Waals surface area (Å²) in [6.07, 6.45) is 3.48. The summed E-state index contributed by atoms with van der Waals surface area (Å²) in [6, 6.07) is 14.8. The first-order valence-corrected chi connectivity index (χ1v) is 12.4. The quantitative estimate of drug-likeness (QED) is 0.328. The molecule has 0 aliphatic carbocycles. The standard InChI is InChI=1S/C25H33O5P/c1-5-8-14-23(19(6-2)7-3)24(26)25(31(27,28)29,20-12-10-9-11-13-20)21-15-17-22(30-4)18-16-21/h9-13,15-18H,5-8,14H2,1-4H3,(H2,27,28,29). The van der Waals surface area contributed by atoms with Crippen molar-refractivity contribution in [3.05, 3.63) is 76.9 Å². The molecular weight excluding hydrogens is 411 g/mol. The molecule has 0 aliphatic heterocycles.